The van der Waals surface area contributed by atoms with E-state index in [1.807, 2.05) is 30.3 Å². The molecule has 0 heterocycles. The van der Waals surface area contributed by atoms with Crippen LogP contribution in [-0.2, 0) is 6.54 Å². The molecule has 0 atom stereocenters. The highest BCUT2D eigenvalue weighted by molar-refractivity contribution is 5.87. The summed E-state index contributed by atoms with van der Waals surface area (Å²) in [5.74, 6) is -0.106. The van der Waals surface area contributed by atoms with Crippen molar-refractivity contribution in [3.63, 3.8) is 0 Å². The Hall–Kier alpha value is -2.53. The number of carbonyl (C=O) groups is 1. The number of hydrogen-bond acceptors (Lipinski definition) is 4. The maximum Gasteiger partial charge on any atom is 0.335 e. The van der Waals surface area contributed by atoms with Crippen molar-refractivity contribution in [2.24, 2.45) is 0 Å². The van der Waals surface area contributed by atoms with Gasteiger partial charge in [-0.1, -0.05) is 38.1 Å². The van der Waals surface area contributed by atoms with Crippen molar-refractivity contribution in [3.8, 4) is 5.75 Å². The molecule has 2 aromatic carbocycles. The summed E-state index contributed by atoms with van der Waals surface area (Å²) in [7, 11) is 0. The van der Waals surface area contributed by atoms with E-state index >= 15 is 0 Å². The second kappa shape index (κ2) is 9.69. The molecule has 0 saturated heterocycles. The average Bonchev–Trinajstić information content (AvgIpc) is 2.64. The molecule has 0 aromatic heterocycles. The van der Waals surface area contributed by atoms with Gasteiger partial charge in [0.15, 0.2) is 0 Å². The molecule has 0 spiro atoms. The van der Waals surface area contributed by atoms with Gasteiger partial charge >= 0.3 is 5.97 Å². The number of likely N-dealkylation sites (N-methyl/N-ethyl adjacent to an activating group) is 1. The minimum absolute atomic E-state index is 0.294. The number of para-hydroxylation sites is 2. The predicted octanol–water partition coefficient (Wildman–Crippen LogP) is 3.72. The lowest BCUT2D eigenvalue weighted by Crippen LogP contribution is -2.28. The van der Waals surface area contributed by atoms with Gasteiger partial charge in [-0.25, -0.2) is 4.79 Å². The fourth-order valence-electron chi connectivity index (χ4n) is 2.57. The van der Waals surface area contributed by atoms with E-state index in [2.05, 4.69) is 24.1 Å². The zero-order chi connectivity index (χ0) is 18.1. The average molecular weight is 342 g/mol. The van der Waals surface area contributed by atoms with E-state index < -0.39 is 5.97 Å². The molecule has 0 unspecified atom stereocenters. The van der Waals surface area contributed by atoms with Crippen LogP contribution in [0.15, 0.2) is 48.5 Å². The number of ether oxygens (including phenoxy) is 1. The summed E-state index contributed by atoms with van der Waals surface area (Å²) < 4.78 is 5.92. The van der Waals surface area contributed by atoms with Crippen LogP contribution in [0.3, 0.4) is 0 Å². The molecule has 25 heavy (non-hydrogen) atoms. The first-order chi connectivity index (χ1) is 12.1. The molecule has 0 aliphatic heterocycles. The Morgan fingerprint density at radius 3 is 2.60 bits per heavy atom. The first kappa shape index (κ1) is 18.8. The van der Waals surface area contributed by atoms with Crippen molar-refractivity contribution in [2.75, 3.05) is 31.6 Å². The third kappa shape index (κ3) is 5.80. The van der Waals surface area contributed by atoms with Crippen LogP contribution < -0.4 is 10.1 Å². The van der Waals surface area contributed by atoms with E-state index in [0.29, 0.717) is 18.7 Å². The smallest absolute Gasteiger partial charge is 0.335 e. The maximum atomic E-state index is 11.1. The van der Waals surface area contributed by atoms with E-state index in [0.717, 1.165) is 36.6 Å². The first-order valence-corrected chi connectivity index (χ1v) is 8.64. The molecule has 0 fully saturated rings. The lowest BCUT2D eigenvalue weighted by Gasteiger charge is -2.19. The Morgan fingerprint density at radius 1 is 1.12 bits per heavy atom. The second-order valence-corrected chi connectivity index (χ2v) is 5.73. The first-order valence-electron chi connectivity index (χ1n) is 8.64. The van der Waals surface area contributed by atoms with Gasteiger partial charge in [-0.2, -0.15) is 0 Å². The third-order valence-corrected chi connectivity index (χ3v) is 4.10. The van der Waals surface area contributed by atoms with Crippen LogP contribution in [0, 0.1) is 0 Å². The molecular weight excluding hydrogens is 316 g/mol. The number of aromatic carboxylic acids is 1. The van der Waals surface area contributed by atoms with Crippen molar-refractivity contribution in [2.45, 2.75) is 20.4 Å². The lowest BCUT2D eigenvalue weighted by molar-refractivity contribution is 0.0696. The number of carboxylic acids is 1. The highest BCUT2D eigenvalue weighted by Crippen LogP contribution is 2.24. The molecule has 5 nitrogen and oxygen atoms in total. The van der Waals surface area contributed by atoms with Crippen LogP contribution in [0.25, 0.3) is 0 Å². The summed E-state index contributed by atoms with van der Waals surface area (Å²) in [6, 6.07) is 14.7. The summed E-state index contributed by atoms with van der Waals surface area (Å²) >= 11 is 0. The van der Waals surface area contributed by atoms with Gasteiger partial charge in [0.1, 0.15) is 12.4 Å². The molecule has 0 aliphatic carbocycles. The molecular formula is C20H26N2O3. The molecule has 0 bridgehead atoms. The number of hydrogen-bond donors (Lipinski definition) is 2. The lowest BCUT2D eigenvalue weighted by atomic mass is 10.1. The molecule has 2 rings (SSSR count). The van der Waals surface area contributed by atoms with Gasteiger partial charge in [-0.15, -0.1) is 0 Å². The fourth-order valence-corrected chi connectivity index (χ4v) is 2.57. The van der Waals surface area contributed by atoms with Crippen molar-refractivity contribution >= 4 is 11.7 Å². The van der Waals surface area contributed by atoms with Crippen LogP contribution in [0.2, 0.25) is 0 Å². The summed E-state index contributed by atoms with van der Waals surface area (Å²) in [4.78, 5) is 13.4. The van der Waals surface area contributed by atoms with Crippen molar-refractivity contribution < 1.29 is 14.6 Å². The fraction of sp³-hybridized carbons (Fsp3) is 0.350. The van der Waals surface area contributed by atoms with Gasteiger partial charge in [0.2, 0.25) is 0 Å². The molecule has 2 aromatic rings. The summed E-state index contributed by atoms with van der Waals surface area (Å²) in [5, 5.41) is 12.4. The van der Waals surface area contributed by atoms with Crippen molar-refractivity contribution in [1.29, 1.82) is 0 Å². The zero-order valence-electron chi connectivity index (χ0n) is 14.9. The molecule has 0 radical (unpaired) electrons. The van der Waals surface area contributed by atoms with E-state index in [9.17, 15) is 4.79 Å². The molecule has 134 valence electrons. The molecule has 0 aliphatic rings. The Morgan fingerprint density at radius 2 is 1.88 bits per heavy atom. The van der Waals surface area contributed by atoms with Crippen LogP contribution in [-0.4, -0.2) is 42.2 Å². The Kier molecular flexibility index (Phi) is 7.29. The number of rotatable bonds is 10. The van der Waals surface area contributed by atoms with E-state index in [4.69, 9.17) is 9.84 Å². The monoisotopic (exact) mass is 342 g/mol. The number of benzene rings is 2. The van der Waals surface area contributed by atoms with E-state index in [1.54, 1.807) is 18.2 Å². The van der Waals surface area contributed by atoms with E-state index in [1.165, 1.54) is 0 Å². The number of nitrogens with zero attached hydrogens (tertiary/aromatic N) is 1. The number of carboxylic acid groups (broad SMARTS) is 1. The third-order valence-electron chi connectivity index (χ3n) is 4.10. The number of anilines is 1. The van der Waals surface area contributed by atoms with Gasteiger partial charge < -0.3 is 20.1 Å². The largest absolute Gasteiger partial charge is 0.490 e. The van der Waals surface area contributed by atoms with Crippen LogP contribution in [0.5, 0.6) is 5.75 Å². The zero-order valence-corrected chi connectivity index (χ0v) is 14.9. The number of nitrogens with one attached hydrogen (secondary N) is 1. The predicted molar refractivity (Wildman–Crippen MR) is 100 cm³/mol. The van der Waals surface area contributed by atoms with Gasteiger partial charge in [0.25, 0.3) is 0 Å². The maximum absolute atomic E-state index is 11.1. The topological polar surface area (TPSA) is 61.8 Å². The molecule has 2 N–H and O–H groups in total. The molecule has 0 amide bonds. The SMILES string of the molecule is CCN(CC)CCOc1ccccc1NCc1cccc(C(=O)O)c1. The highest BCUT2D eigenvalue weighted by atomic mass is 16.5. The Bertz CT molecular complexity index is 684. The van der Waals surface area contributed by atoms with Crippen molar-refractivity contribution in [3.05, 3.63) is 59.7 Å². The standard InChI is InChI=1S/C20H26N2O3/c1-3-22(4-2)12-13-25-19-11-6-5-10-18(19)21-15-16-8-7-9-17(14-16)20(23)24/h5-11,14,21H,3-4,12-13,15H2,1-2H3,(H,23,24). The summed E-state index contributed by atoms with van der Waals surface area (Å²) in [6.07, 6.45) is 0. The quantitative estimate of drug-likeness (QED) is 0.689. The highest BCUT2D eigenvalue weighted by Gasteiger charge is 2.06. The van der Waals surface area contributed by atoms with Gasteiger partial charge in [0, 0.05) is 13.1 Å². The normalized spacial score (nSPS) is 10.7. The van der Waals surface area contributed by atoms with Gasteiger partial charge in [-0.3, -0.25) is 0 Å². The Balaban J connectivity index is 1.96. The van der Waals surface area contributed by atoms with Crippen LogP contribution in [0.4, 0.5) is 5.69 Å². The minimum atomic E-state index is -0.915. The minimum Gasteiger partial charge on any atom is -0.490 e. The Labute approximate surface area is 149 Å². The van der Waals surface area contributed by atoms with Gasteiger partial charge in [0.05, 0.1) is 11.3 Å². The molecule has 0 saturated carbocycles. The van der Waals surface area contributed by atoms with Crippen LogP contribution in [0.1, 0.15) is 29.8 Å². The summed E-state index contributed by atoms with van der Waals surface area (Å²) in [5.41, 5.74) is 2.11. The van der Waals surface area contributed by atoms with Crippen molar-refractivity contribution in [1.82, 2.24) is 4.90 Å². The second-order valence-electron chi connectivity index (χ2n) is 5.73. The van der Waals surface area contributed by atoms with Gasteiger partial charge in [-0.05, 0) is 42.9 Å². The van der Waals surface area contributed by atoms with E-state index in [-0.39, 0.29) is 0 Å². The summed E-state index contributed by atoms with van der Waals surface area (Å²) in [6.45, 7) is 8.38. The molecule has 5 heteroatoms. The van der Waals surface area contributed by atoms with Crippen LogP contribution >= 0.6 is 0 Å².